The van der Waals surface area contributed by atoms with E-state index in [1.807, 2.05) is 0 Å². The van der Waals surface area contributed by atoms with Crippen LogP contribution in [0.25, 0.3) is 0 Å². The molecule has 1 aromatic rings. The van der Waals surface area contributed by atoms with Crippen LogP contribution in [0.3, 0.4) is 0 Å². The highest BCUT2D eigenvalue weighted by Gasteiger charge is 1.86. The predicted octanol–water partition coefficient (Wildman–Crippen LogP) is 1.76. The highest BCUT2D eigenvalue weighted by molar-refractivity contribution is 5.29. The normalized spacial score (nSPS) is 8.44. The Morgan fingerprint density at radius 2 is 1.78 bits per heavy atom. The standard InChI is InChI=1S/C8H4F/c1-2-7-3-5-8(9)6-4-7/h3-6H. The Kier molecular flexibility index (Phi) is 1.51. The van der Waals surface area contributed by atoms with Gasteiger partial charge >= 0.3 is 0 Å². The molecule has 1 radical (unpaired) electrons. The molecule has 43 valence electrons. The van der Waals surface area contributed by atoms with Gasteiger partial charge in [0.1, 0.15) is 5.82 Å². The molecule has 0 saturated carbocycles. The number of hydrogen-bond donors (Lipinski definition) is 0. The molecule has 1 rings (SSSR count). The van der Waals surface area contributed by atoms with Gasteiger partial charge in [-0.3, -0.25) is 0 Å². The summed E-state index contributed by atoms with van der Waals surface area (Å²) in [5, 5.41) is 0. The van der Waals surface area contributed by atoms with E-state index < -0.39 is 0 Å². The summed E-state index contributed by atoms with van der Waals surface area (Å²) in [6.45, 7) is 0. The largest absolute Gasteiger partial charge is 0.207 e. The lowest BCUT2D eigenvalue weighted by atomic mass is 10.2. The van der Waals surface area contributed by atoms with Gasteiger partial charge in [0.2, 0.25) is 0 Å². The molecule has 0 aromatic heterocycles. The Balaban J connectivity index is 3.06. The minimum absolute atomic E-state index is 0.283. The van der Waals surface area contributed by atoms with Crippen molar-refractivity contribution in [3.05, 3.63) is 42.1 Å². The van der Waals surface area contributed by atoms with E-state index in [2.05, 4.69) is 5.92 Å². The Bertz CT molecular complexity index is 228. The Hall–Kier alpha value is -1.29. The fourth-order valence-corrected chi connectivity index (χ4v) is 0.533. The zero-order valence-corrected chi connectivity index (χ0v) is 4.69. The molecule has 0 aliphatic rings. The molecular formula is C8H4F. The van der Waals surface area contributed by atoms with Gasteiger partial charge in [0.05, 0.1) is 0 Å². The van der Waals surface area contributed by atoms with Crippen molar-refractivity contribution in [3.63, 3.8) is 0 Å². The summed E-state index contributed by atoms with van der Waals surface area (Å²) in [7, 11) is 0. The monoisotopic (exact) mass is 119 g/mol. The van der Waals surface area contributed by atoms with E-state index in [0.29, 0.717) is 5.56 Å². The third-order valence-corrected chi connectivity index (χ3v) is 0.989. The lowest BCUT2D eigenvalue weighted by molar-refractivity contribution is 0.627. The van der Waals surface area contributed by atoms with Gasteiger partial charge in [-0.25, -0.2) is 4.39 Å². The average Bonchev–Trinajstić information content (AvgIpc) is 1.90. The molecule has 0 spiro atoms. The summed E-state index contributed by atoms with van der Waals surface area (Å²) in [5.41, 5.74) is 0.594. The smallest absolute Gasteiger partial charge is 0.123 e. The van der Waals surface area contributed by atoms with E-state index >= 15 is 0 Å². The molecule has 1 aromatic carbocycles. The van der Waals surface area contributed by atoms with E-state index in [1.54, 1.807) is 0 Å². The van der Waals surface area contributed by atoms with Gasteiger partial charge in [-0.15, -0.1) is 0 Å². The number of hydrogen-bond acceptors (Lipinski definition) is 0. The van der Waals surface area contributed by atoms with E-state index in [4.69, 9.17) is 6.42 Å². The van der Waals surface area contributed by atoms with Crippen LogP contribution in [0.2, 0.25) is 0 Å². The maximum atomic E-state index is 12.1. The third-order valence-electron chi connectivity index (χ3n) is 0.989. The maximum absolute atomic E-state index is 12.1. The first kappa shape index (κ1) is 5.84. The van der Waals surface area contributed by atoms with Crippen molar-refractivity contribution < 1.29 is 4.39 Å². The highest BCUT2D eigenvalue weighted by atomic mass is 19.1. The molecule has 0 amide bonds. The second kappa shape index (κ2) is 2.32. The van der Waals surface area contributed by atoms with E-state index in [-0.39, 0.29) is 5.82 Å². The molecule has 0 aliphatic heterocycles. The van der Waals surface area contributed by atoms with Crippen molar-refractivity contribution in [3.8, 4) is 5.92 Å². The molecule has 0 fully saturated rings. The van der Waals surface area contributed by atoms with Gasteiger partial charge in [0, 0.05) is 5.56 Å². The molecule has 0 atom stereocenters. The topological polar surface area (TPSA) is 0 Å². The Morgan fingerprint density at radius 1 is 1.22 bits per heavy atom. The summed E-state index contributed by atoms with van der Waals surface area (Å²) < 4.78 is 12.1. The molecule has 0 bridgehead atoms. The molecule has 0 nitrogen and oxygen atoms in total. The molecule has 1 heteroatoms. The first-order valence-electron chi connectivity index (χ1n) is 2.51. The van der Waals surface area contributed by atoms with E-state index in [1.165, 1.54) is 24.3 Å². The third kappa shape index (κ3) is 1.30. The molecule has 0 N–H and O–H groups in total. The van der Waals surface area contributed by atoms with Crippen LogP contribution in [0, 0.1) is 18.2 Å². The average molecular weight is 119 g/mol. The van der Waals surface area contributed by atoms with Gasteiger partial charge < -0.3 is 0 Å². The Morgan fingerprint density at radius 3 is 2.22 bits per heavy atom. The van der Waals surface area contributed by atoms with Crippen LogP contribution in [-0.2, 0) is 0 Å². The van der Waals surface area contributed by atoms with Crippen LogP contribution < -0.4 is 0 Å². The summed E-state index contributed by atoms with van der Waals surface area (Å²) in [5.74, 6) is 1.85. The van der Waals surface area contributed by atoms with Crippen LogP contribution in [0.1, 0.15) is 5.56 Å². The fourth-order valence-electron chi connectivity index (χ4n) is 0.533. The predicted molar refractivity (Wildman–Crippen MR) is 32.6 cm³/mol. The van der Waals surface area contributed by atoms with Gasteiger partial charge in [0.15, 0.2) is 0 Å². The van der Waals surface area contributed by atoms with Crippen molar-refractivity contribution in [1.29, 1.82) is 0 Å². The van der Waals surface area contributed by atoms with Crippen LogP contribution in [0.5, 0.6) is 0 Å². The molecule has 0 aliphatic carbocycles. The SMILES string of the molecule is [C]#Cc1ccc(F)cc1. The minimum Gasteiger partial charge on any atom is -0.207 e. The fraction of sp³-hybridized carbons (Fsp3) is 0. The van der Waals surface area contributed by atoms with Crippen LogP contribution in [0.15, 0.2) is 24.3 Å². The van der Waals surface area contributed by atoms with Crippen molar-refractivity contribution in [2.75, 3.05) is 0 Å². The molecule has 0 heterocycles. The van der Waals surface area contributed by atoms with Gasteiger partial charge in [-0.1, -0.05) is 5.92 Å². The Labute approximate surface area is 53.3 Å². The summed E-state index contributed by atoms with van der Waals surface area (Å²) in [6, 6.07) is 5.61. The quantitative estimate of drug-likeness (QED) is 0.456. The molecular weight excluding hydrogens is 115 g/mol. The number of benzene rings is 1. The van der Waals surface area contributed by atoms with Crippen molar-refractivity contribution in [2.45, 2.75) is 0 Å². The van der Waals surface area contributed by atoms with Crippen molar-refractivity contribution >= 4 is 0 Å². The summed E-state index contributed by atoms with van der Waals surface area (Å²) in [4.78, 5) is 0. The zero-order chi connectivity index (χ0) is 6.69. The van der Waals surface area contributed by atoms with Gasteiger partial charge in [-0.05, 0) is 30.7 Å². The molecule has 0 saturated heterocycles. The second-order valence-corrected chi connectivity index (χ2v) is 1.63. The zero-order valence-electron chi connectivity index (χ0n) is 4.69. The molecule has 0 unspecified atom stereocenters. The van der Waals surface area contributed by atoms with Gasteiger partial charge in [-0.2, -0.15) is 0 Å². The van der Waals surface area contributed by atoms with Crippen LogP contribution in [0.4, 0.5) is 4.39 Å². The van der Waals surface area contributed by atoms with E-state index in [0.717, 1.165) is 0 Å². The maximum Gasteiger partial charge on any atom is 0.123 e. The second-order valence-electron chi connectivity index (χ2n) is 1.63. The summed E-state index contributed by atoms with van der Waals surface area (Å²) in [6.07, 6.45) is 6.64. The number of rotatable bonds is 0. The molecule has 9 heavy (non-hydrogen) atoms. The summed E-state index contributed by atoms with van der Waals surface area (Å²) >= 11 is 0. The first-order chi connectivity index (χ1) is 4.33. The lowest BCUT2D eigenvalue weighted by Crippen LogP contribution is -1.73. The first-order valence-corrected chi connectivity index (χ1v) is 2.51. The van der Waals surface area contributed by atoms with Gasteiger partial charge in [0.25, 0.3) is 0 Å². The lowest BCUT2D eigenvalue weighted by Gasteiger charge is -1.86. The van der Waals surface area contributed by atoms with E-state index in [9.17, 15) is 4.39 Å². The highest BCUT2D eigenvalue weighted by Crippen LogP contribution is 1.99. The number of halogens is 1. The van der Waals surface area contributed by atoms with Crippen LogP contribution >= 0.6 is 0 Å². The van der Waals surface area contributed by atoms with Crippen LogP contribution in [-0.4, -0.2) is 0 Å². The minimum atomic E-state index is -0.283. The van der Waals surface area contributed by atoms with Crippen molar-refractivity contribution in [2.24, 2.45) is 0 Å². The van der Waals surface area contributed by atoms with Crippen molar-refractivity contribution in [1.82, 2.24) is 0 Å².